The Morgan fingerprint density at radius 2 is 2.20 bits per heavy atom. The lowest BCUT2D eigenvalue weighted by atomic mass is 10.0. The minimum Gasteiger partial charge on any atom is -0.496 e. The van der Waals surface area contributed by atoms with Crippen LogP contribution < -0.4 is 10.1 Å². The van der Waals surface area contributed by atoms with Gasteiger partial charge in [-0.15, -0.1) is 0 Å². The molecular weight excluding hydrogens is 190 g/mol. The van der Waals surface area contributed by atoms with E-state index in [4.69, 9.17) is 4.74 Å². The third-order valence-electron chi connectivity index (χ3n) is 2.40. The van der Waals surface area contributed by atoms with Gasteiger partial charge in [-0.1, -0.05) is 30.4 Å². The van der Waals surface area contributed by atoms with Crippen molar-refractivity contribution >= 4 is 12.0 Å². The number of rotatable bonds is 3. The molecule has 1 aromatic rings. The molecule has 1 aliphatic rings. The van der Waals surface area contributed by atoms with E-state index in [1.165, 1.54) is 0 Å². The molecule has 0 bridgehead atoms. The molecule has 1 aliphatic heterocycles. The van der Waals surface area contributed by atoms with E-state index in [2.05, 4.69) is 5.32 Å². The van der Waals surface area contributed by atoms with Crippen LogP contribution in [0.15, 0.2) is 30.3 Å². The van der Waals surface area contributed by atoms with Gasteiger partial charge in [-0.05, 0) is 6.07 Å². The maximum atomic E-state index is 10.7. The maximum absolute atomic E-state index is 10.7. The molecule has 0 aromatic heterocycles. The van der Waals surface area contributed by atoms with Crippen molar-refractivity contribution in [2.75, 3.05) is 7.11 Å². The second-order valence-corrected chi connectivity index (χ2v) is 3.48. The molecule has 1 atom stereocenters. The van der Waals surface area contributed by atoms with Gasteiger partial charge in [0, 0.05) is 5.56 Å². The molecule has 1 amide bonds. The fourth-order valence-corrected chi connectivity index (χ4v) is 1.53. The second kappa shape index (κ2) is 4.17. The van der Waals surface area contributed by atoms with Gasteiger partial charge < -0.3 is 10.1 Å². The van der Waals surface area contributed by atoms with Crippen molar-refractivity contribution in [2.45, 2.75) is 12.5 Å². The van der Waals surface area contributed by atoms with Crippen LogP contribution in [-0.2, 0) is 4.79 Å². The van der Waals surface area contributed by atoms with Crippen LogP contribution in [0.4, 0.5) is 0 Å². The lowest BCUT2D eigenvalue weighted by Crippen LogP contribution is -2.46. The molecule has 0 saturated carbocycles. The van der Waals surface area contributed by atoms with Crippen LogP contribution in [0.3, 0.4) is 0 Å². The van der Waals surface area contributed by atoms with Gasteiger partial charge in [0.05, 0.1) is 19.6 Å². The number of benzene rings is 1. The number of carbonyl (C=O) groups excluding carboxylic acids is 1. The fraction of sp³-hybridized carbons (Fsp3) is 0.250. The van der Waals surface area contributed by atoms with Crippen LogP contribution >= 0.6 is 0 Å². The third kappa shape index (κ3) is 2.18. The van der Waals surface area contributed by atoms with E-state index in [1.807, 2.05) is 36.4 Å². The van der Waals surface area contributed by atoms with Crippen LogP contribution in [0.2, 0.25) is 0 Å². The molecule has 3 heteroatoms. The summed E-state index contributed by atoms with van der Waals surface area (Å²) in [4.78, 5) is 10.7. The topological polar surface area (TPSA) is 38.3 Å². The van der Waals surface area contributed by atoms with Crippen molar-refractivity contribution in [3.05, 3.63) is 35.9 Å². The molecule has 0 aliphatic carbocycles. The van der Waals surface area contributed by atoms with Crippen LogP contribution in [0.25, 0.3) is 6.08 Å². The summed E-state index contributed by atoms with van der Waals surface area (Å²) in [5, 5.41) is 2.78. The molecule has 15 heavy (non-hydrogen) atoms. The van der Waals surface area contributed by atoms with Crippen molar-refractivity contribution in [1.29, 1.82) is 0 Å². The van der Waals surface area contributed by atoms with Gasteiger partial charge in [-0.3, -0.25) is 4.79 Å². The molecule has 1 unspecified atom stereocenters. The van der Waals surface area contributed by atoms with Gasteiger partial charge >= 0.3 is 0 Å². The molecule has 1 saturated heterocycles. The number of amides is 1. The van der Waals surface area contributed by atoms with E-state index in [-0.39, 0.29) is 11.9 Å². The Morgan fingerprint density at radius 3 is 2.87 bits per heavy atom. The highest BCUT2D eigenvalue weighted by Crippen LogP contribution is 2.19. The Bertz CT molecular complexity index is 390. The zero-order valence-electron chi connectivity index (χ0n) is 8.57. The monoisotopic (exact) mass is 203 g/mol. The summed E-state index contributed by atoms with van der Waals surface area (Å²) in [5.41, 5.74) is 1.03. The number of hydrogen-bond donors (Lipinski definition) is 1. The SMILES string of the molecule is COc1ccccc1C=CC1CC(=O)N1. The van der Waals surface area contributed by atoms with Crippen molar-refractivity contribution in [1.82, 2.24) is 5.32 Å². The first-order valence-corrected chi connectivity index (χ1v) is 4.90. The Labute approximate surface area is 88.8 Å². The molecule has 1 aromatic carbocycles. The van der Waals surface area contributed by atoms with Crippen LogP contribution in [0, 0.1) is 0 Å². The zero-order valence-corrected chi connectivity index (χ0v) is 8.57. The second-order valence-electron chi connectivity index (χ2n) is 3.48. The molecule has 1 heterocycles. The number of para-hydroxylation sites is 1. The van der Waals surface area contributed by atoms with Crippen molar-refractivity contribution in [2.24, 2.45) is 0 Å². The lowest BCUT2D eigenvalue weighted by molar-refractivity contribution is -0.127. The normalized spacial score (nSPS) is 19.8. The summed E-state index contributed by atoms with van der Waals surface area (Å²) in [6.45, 7) is 0. The summed E-state index contributed by atoms with van der Waals surface area (Å²) < 4.78 is 5.21. The van der Waals surface area contributed by atoms with Gasteiger partial charge in [-0.25, -0.2) is 0 Å². The van der Waals surface area contributed by atoms with Crippen LogP contribution in [-0.4, -0.2) is 19.1 Å². The quantitative estimate of drug-likeness (QED) is 0.758. The number of β-lactam (4-membered cyclic amide) rings is 1. The summed E-state index contributed by atoms with van der Waals surface area (Å²) in [6, 6.07) is 7.97. The van der Waals surface area contributed by atoms with Crippen molar-refractivity contribution in [3.63, 3.8) is 0 Å². The summed E-state index contributed by atoms with van der Waals surface area (Å²) >= 11 is 0. The highest BCUT2D eigenvalue weighted by molar-refractivity contribution is 5.84. The highest BCUT2D eigenvalue weighted by Gasteiger charge is 2.21. The minimum absolute atomic E-state index is 0.115. The first-order valence-electron chi connectivity index (χ1n) is 4.90. The van der Waals surface area contributed by atoms with Gasteiger partial charge in [-0.2, -0.15) is 0 Å². The molecule has 2 rings (SSSR count). The van der Waals surface area contributed by atoms with Gasteiger partial charge in [0.15, 0.2) is 0 Å². The highest BCUT2D eigenvalue weighted by atomic mass is 16.5. The lowest BCUT2D eigenvalue weighted by Gasteiger charge is -2.23. The fourth-order valence-electron chi connectivity index (χ4n) is 1.53. The Balaban J connectivity index is 2.06. The Morgan fingerprint density at radius 1 is 1.47 bits per heavy atom. The maximum Gasteiger partial charge on any atom is 0.222 e. The molecule has 3 nitrogen and oxygen atoms in total. The van der Waals surface area contributed by atoms with Crippen LogP contribution in [0.1, 0.15) is 12.0 Å². The number of nitrogens with one attached hydrogen (secondary N) is 1. The zero-order chi connectivity index (χ0) is 10.7. The van der Waals surface area contributed by atoms with Gasteiger partial charge in [0.1, 0.15) is 5.75 Å². The van der Waals surface area contributed by atoms with E-state index in [1.54, 1.807) is 7.11 Å². The van der Waals surface area contributed by atoms with E-state index in [0.717, 1.165) is 11.3 Å². The molecule has 0 spiro atoms. The number of carbonyl (C=O) groups is 1. The first-order chi connectivity index (χ1) is 7.29. The predicted octanol–water partition coefficient (Wildman–Crippen LogP) is 1.60. The standard InChI is InChI=1S/C12H13NO2/c1-15-11-5-3-2-4-9(11)6-7-10-8-12(14)13-10/h2-7,10H,8H2,1H3,(H,13,14). The van der Waals surface area contributed by atoms with Crippen molar-refractivity contribution in [3.8, 4) is 5.75 Å². The van der Waals surface area contributed by atoms with Gasteiger partial charge in [0.25, 0.3) is 0 Å². The first kappa shape index (κ1) is 9.77. The van der Waals surface area contributed by atoms with E-state index in [0.29, 0.717) is 6.42 Å². The summed E-state index contributed by atoms with van der Waals surface area (Å²) in [7, 11) is 1.65. The largest absolute Gasteiger partial charge is 0.496 e. The number of hydrogen-bond acceptors (Lipinski definition) is 2. The van der Waals surface area contributed by atoms with E-state index >= 15 is 0 Å². The minimum atomic E-state index is 0.115. The Hall–Kier alpha value is -1.77. The summed E-state index contributed by atoms with van der Waals surface area (Å²) in [6.07, 6.45) is 4.55. The van der Waals surface area contributed by atoms with Gasteiger partial charge in [0.2, 0.25) is 5.91 Å². The molecule has 1 fully saturated rings. The van der Waals surface area contributed by atoms with E-state index < -0.39 is 0 Å². The molecule has 78 valence electrons. The third-order valence-corrected chi connectivity index (χ3v) is 2.40. The number of ether oxygens (including phenoxy) is 1. The smallest absolute Gasteiger partial charge is 0.222 e. The van der Waals surface area contributed by atoms with Crippen molar-refractivity contribution < 1.29 is 9.53 Å². The van der Waals surface area contributed by atoms with Crippen LogP contribution in [0.5, 0.6) is 5.75 Å². The molecular formula is C12H13NO2. The molecule has 0 radical (unpaired) electrons. The Kier molecular flexibility index (Phi) is 2.72. The average molecular weight is 203 g/mol. The number of methoxy groups -OCH3 is 1. The predicted molar refractivity (Wildman–Crippen MR) is 58.6 cm³/mol. The van der Waals surface area contributed by atoms with E-state index in [9.17, 15) is 4.79 Å². The molecule has 1 N–H and O–H groups in total. The average Bonchev–Trinajstić information content (AvgIpc) is 2.23. The summed E-state index contributed by atoms with van der Waals surface area (Å²) in [5.74, 6) is 0.962.